The van der Waals surface area contributed by atoms with Gasteiger partial charge >= 0.3 is 0 Å². The molecule has 1 aromatic carbocycles. The fraction of sp³-hybridized carbons (Fsp3) is 0.296. The molecule has 1 unspecified atom stereocenters. The number of ether oxygens (including phenoxy) is 1. The molecule has 1 fully saturated rings. The smallest absolute Gasteiger partial charge is 0.270 e. The molecule has 5 rings (SSSR count). The predicted molar refractivity (Wildman–Crippen MR) is 134 cm³/mol. The molecule has 0 spiro atoms. The van der Waals surface area contributed by atoms with Gasteiger partial charge in [0.15, 0.2) is 5.82 Å². The Morgan fingerprint density at radius 1 is 1.14 bits per heavy atom. The van der Waals surface area contributed by atoms with Crippen molar-refractivity contribution in [3.8, 4) is 23.0 Å². The Morgan fingerprint density at radius 2 is 1.95 bits per heavy atom. The quantitative estimate of drug-likeness (QED) is 0.374. The molecule has 1 saturated carbocycles. The Balaban J connectivity index is 1.36. The molecule has 4 aromatic rings. The summed E-state index contributed by atoms with van der Waals surface area (Å²) in [5, 5.41) is 21.4. The second-order valence-electron chi connectivity index (χ2n) is 8.97. The summed E-state index contributed by atoms with van der Waals surface area (Å²) in [6.07, 6.45) is 3.71. The third kappa shape index (κ3) is 5.05. The SMILES string of the molecule is CCOc1ccc(-c2nnc(C3CC(NC(=O)c4ccc(C(C)O)cn4)C3)n2-c2ccccc2F)nc1. The van der Waals surface area contributed by atoms with Gasteiger partial charge in [0.25, 0.3) is 5.91 Å². The number of aliphatic hydroxyl groups is 1. The molecule has 2 N–H and O–H groups in total. The van der Waals surface area contributed by atoms with Gasteiger partial charge in [-0.2, -0.15) is 0 Å². The summed E-state index contributed by atoms with van der Waals surface area (Å²) in [4.78, 5) is 21.2. The van der Waals surface area contributed by atoms with Gasteiger partial charge in [0.2, 0.25) is 0 Å². The Morgan fingerprint density at radius 3 is 2.59 bits per heavy atom. The minimum atomic E-state index is -0.647. The van der Waals surface area contributed by atoms with E-state index in [9.17, 15) is 14.3 Å². The van der Waals surface area contributed by atoms with E-state index in [1.807, 2.05) is 6.92 Å². The van der Waals surface area contributed by atoms with Gasteiger partial charge in [-0.3, -0.25) is 14.3 Å². The van der Waals surface area contributed by atoms with Crippen molar-refractivity contribution in [1.82, 2.24) is 30.0 Å². The summed E-state index contributed by atoms with van der Waals surface area (Å²) in [5.74, 6) is 0.969. The molecule has 1 amide bonds. The topological polar surface area (TPSA) is 115 Å². The molecule has 9 nitrogen and oxygen atoms in total. The fourth-order valence-electron chi connectivity index (χ4n) is 4.35. The maximum atomic E-state index is 14.9. The zero-order valence-corrected chi connectivity index (χ0v) is 20.5. The lowest BCUT2D eigenvalue weighted by atomic mass is 9.79. The summed E-state index contributed by atoms with van der Waals surface area (Å²) in [6.45, 7) is 4.06. The van der Waals surface area contributed by atoms with Crippen molar-refractivity contribution in [3.05, 3.63) is 83.8 Å². The van der Waals surface area contributed by atoms with E-state index < -0.39 is 11.9 Å². The van der Waals surface area contributed by atoms with Gasteiger partial charge in [-0.15, -0.1) is 10.2 Å². The highest BCUT2D eigenvalue weighted by molar-refractivity contribution is 5.92. The Labute approximate surface area is 213 Å². The number of para-hydroxylation sites is 1. The number of aliphatic hydroxyl groups excluding tert-OH is 1. The van der Waals surface area contributed by atoms with Crippen molar-refractivity contribution in [3.63, 3.8) is 0 Å². The van der Waals surface area contributed by atoms with Gasteiger partial charge in [0.05, 0.1) is 24.6 Å². The number of pyridine rings is 2. The summed E-state index contributed by atoms with van der Waals surface area (Å²) in [7, 11) is 0. The van der Waals surface area contributed by atoms with Crippen LogP contribution in [0.4, 0.5) is 4.39 Å². The molecule has 1 aliphatic carbocycles. The van der Waals surface area contributed by atoms with Crippen LogP contribution in [-0.2, 0) is 0 Å². The number of carbonyl (C=O) groups is 1. The largest absolute Gasteiger partial charge is 0.492 e. The first-order chi connectivity index (χ1) is 17.9. The van der Waals surface area contributed by atoms with E-state index >= 15 is 0 Å². The Hall–Kier alpha value is -4.18. The molecular weight excluding hydrogens is 475 g/mol. The second kappa shape index (κ2) is 10.4. The molecule has 3 aromatic heterocycles. The van der Waals surface area contributed by atoms with Gasteiger partial charge in [-0.05, 0) is 62.6 Å². The van der Waals surface area contributed by atoms with E-state index in [4.69, 9.17) is 4.74 Å². The van der Waals surface area contributed by atoms with Crippen molar-refractivity contribution in [1.29, 1.82) is 0 Å². The van der Waals surface area contributed by atoms with Crippen molar-refractivity contribution >= 4 is 5.91 Å². The number of carbonyl (C=O) groups excluding carboxylic acids is 1. The van der Waals surface area contributed by atoms with Crippen LogP contribution in [0.15, 0.2) is 60.9 Å². The van der Waals surface area contributed by atoms with Gasteiger partial charge in [-0.25, -0.2) is 9.37 Å². The molecule has 3 heterocycles. The van der Waals surface area contributed by atoms with Crippen LogP contribution in [0.5, 0.6) is 5.75 Å². The van der Waals surface area contributed by atoms with E-state index in [0.29, 0.717) is 53.8 Å². The summed E-state index contributed by atoms with van der Waals surface area (Å²) in [6, 6.07) is 13.2. The van der Waals surface area contributed by atoms with E-state index in [1.165, 1.54) is 12.3 Å². The van der Waals surface area contributed by atoms with Crippen molar-refractivity contribution in [2.45, 2.75) is 44.8 Å². The number of aromatic nitrogens is 5. The van der Waals surface area contributed by atoms with Gasteiger partial charge in [-0.1, -0.05) is 18.2 Å². The molecule has 0 aliphatic heterocycles. The highest BCUT2D eigenvalue weighted by atomic mass is 19.1. The second-order valence-corrected chi connectivity index (χ2v) is 8.97. The van der Waals surface area contributed by atoms with Crippen LogP contribution >= 0.6 is 0 Å². The van der Waals surface area contributed by atoms with Gasteiger partial charge in [0.1, 0.15) is 28.8 Å². The summed E-state index contributed by atoms with van der Waals surface area (Å²) < 4.78 is 22.1. The van der Waals surface area contributed by atoms with Crippen LogP contribution < -0.4 is 10.1 Å². The molecule has 0 saturated heterocycles. The average molecular weight is 503 g/mol. The highest BCUT2D eigenvalue weighted by Crippen LogP contribution is 2.39. The first-order valence-electron chi connectivity index (χ1n) is 12.2. The lowest BCUT2D eigenvalue weighted by molar-refractivity contribution is 0.0901. The molecule has 37 heavy (non-hydrogen) atoms. The van der Waals surface area contributed by atoms with E-state index in [1.54, 1.807) is 60.2 Å². The number of rotatable bonds is 8. The maximum absolute atomic E-state index is 14.9. The van der Waals surface area contributed by atoms with Gasteiger partial charge in [0, 0.05) is 18.2 Å². The van der Waals surface area contributed by atoms with Crippen molar-refractivity contribution in [2.24, 2.45) is 0 Å². The molecule has 10 heteroatoms. The average Bonchev–Trinajstić information content (AvgIpc) is 3.31. The van der Waals surface area contributed by atoms with Crippen molar-refractivity contribution < 1.29 is 19.0 Å². The molecular formula is C27H27FN6O3. The Bertz CT molecular complexity index is 1380. The third-order valence-electron chi connectivity index (χ3n) is 6.40. The molecule has 0 bridgehead atoms. The van der Waals surface area contributed by atoms with Gasteiger partial charge < -0.3 is 15.2 Å². The van der Waals surface area contributed by atoms with Crippen LogP contribution in [0.25, 0.3) is 17.2 Å². The van der Waals surface area contributed by atoms with Crippen LogP contribution in [0.1, 0.15) is 60.6 Å². The summed E-state index contributed by atoms with van der Waals surface area (Å²) >= 11 is 0. The number of hydrogen-bond acceptors (Lipinski definition) is 7. The zero-order valence-electron chi connectivity index (χ0n) is 20.5. The third-order valence-corrected chi connectivity index (χ3v) is 6.40. The van der Waals surface area contributed by atoms with E-state index in [2.05, 4.69) is 25.5 Å². The maximum Gasteiger partial charge on any atom is 0.270 e. The Kier molecular flexibility index (Phi) is 6.91. The molecule has 0 radical (unpaired) electrons. The van der Waals surface area contributed by atoms with E-state index in [-0.39, 0.29) is 23.6 Å². The number of amides is 1. The molecule has 1 atom stereocenters. The van der Waals surface area contributed by atoms with Crippen LogP contribution in [-0.4, -0.2) is 48.4 Å². The number of nitrogens with one attached hydrogen (secondary N) is 1. The first-order valence-corrected chi connectivity index (χ1v) is 12.2. The normalized spacial score (nSPS) is 17.6. The zero-order chi connectivity index (χ0) is 25.9. The number of benzene rings is 1. The highest BCUT2D eigenvalue weighted by Gasteiger charge is 2.36. The van der Waals surface area contributed by atoms with Crippen LogP contribution in [0.3, 0.4) is 0 Å². The minimum absolute atomic E-state index is 0.0283. The minimum Gasteiger partial charge on any atom is -0.492 e. The number of nitrogens with zero attached hydrogens (tertiary/aromatic N) is 5. The molecule has 190 valence electrons. The molecule has 1 aliphatic rings. The van der Waals surface area contributed by atoms with E-state index in [0.717, 1.165) is 0 Å². The lowest BCUT2D eigenvalue weighted by Crippen LogP contribution is -2.44. The number of hydrogen-bond donors (Lipinski definition) is 2. The predicted octanol–water partition coefficient (Wildman–Crippen LogP) is 3.99. The van der Waals surface area contributed by atoms with Crippen LogP contribution in [0, 0.1) is 5.82 Å². The monoisotopic (exact) mass is 502 g/mol. The number of halogens is 1. The van der Waals surface area contributed by atoms with Crippen LogP contribution in [0.2, 0.25) is 0 Å². The fourth-order valence-corrected chi connectivity index (χ4v) is 4.35. The van der Waals surface area contributed by atoms with Crippen molar-refractivity contribution in [2.75, 3.05) is 6.61 Å². The summed E-state index contributed by atoms with van der Waals surface area (Å²) in [5.41, 5.74) is 1.81. The first kappa shape index (κ1) is 24.5. The lowest BCUT2D eigenvalue weighted by Gasteiger charge is -2.35. The standard InChI is InChI=1S/C27H27FN6O3/c1-3-37-20-9-11-22(30-15-20)26-33-32-25(34(26)24-7-5-4-6-21(24)28)18-12-19(13-18)31-27(36)23-10-8-17(14-29-23)16(2)35/h4-11,14-16,18-19,35H,3,12-13H2,1-2H3,(H,31,36).